The lowest BCUT2D eigenvalue weighted by Crippen LogP contribution is -2.17. The lowest BCUT2D eigenvalue weighted by atomic mass is 10.1. The summed E-state index contributed by atoms with van der Waals surface area (Å²) in [6, 6.07) is 7.48. The summed E-state index contributed by atoms with van der Waals surface area (Å²) in [5.41, 5.74) is 1.62. The molecule has 5 aromatic rings. The molecule has 0 radical (unpaired) electrons. The van der Waals surface area contributed by atoms with Crippen LogP contribution < -0.4 is 15.7 Å². The molecule has 0 saturated carbocycles. The number of aromatic amines is 1. The average molecular weight is 317 g/mol. The van der Waals surface area contributed by atoms with Crippen LogP contribution in [0.1, 0.15) is 0 Å². The molecule has 4 aromatic heterocycles. The third kappa shape index (κ3) is 1.42. The molecule has 5 rings (SSSR count). The number of pyridine rings is 3. The van der Waals surface area contributed by atoms with Crippen molar-refractivity contribution in [2.24, 2.45) is 0 Å². The van der Waals surface area contributed by atoms with Gasteiger partial charge >= 0.3 is 0 Å². The van der Waals surface area contributed by atoms with E-state index < -0.39 is 0 Å². The number of nitrogens with one attached hydrogen (secondary N) is 1. The molecule has 1 N–H and O–H groups in total. The van der Waals surface area contributed by atoms with Crippen molar-refractivity contribution in [1.82, 2.24) is 14.4 Å². The topological polar surface area (TPSA) is 76.5 Å². The quantitative estimate of drug-likeness (QED) is 0.481. The van der Waals surface area contributed by atoms with Gasteiger partial charge in [-0.25, -0.2) is 0 Å². The van der Waals surface area contributed by atoms with Crippen LogP contribution in [0.15, 0.2) is 52.4 Å². The SMILES string of the molecule is COc1ccc2c(c1)c1cc[nH]c3c4c(=O)cncc4c(=O)n2c13. The fraction of sp³-hybridized carbons (Fsp3) is 0.0556. The number of rotatable bonds is 1. The fourth-order valence-electron chi connectivity index (χ4n) is 3.50. The zero-order valence-electron chi connectivity index (χ0n) is 12.7. The summed E-state index contributed by atoms with van der Waals surface area (Å²) in [6.07, 6.45) is 4.46. The first-order valence-electron chi connectivity index (χ1n) is 7.43. The molecule has 6 nitrogen and oxygen atoms in total. The van der Waals surface area contributed by atoms with Gasteiger partial charge in [0.1, 0.15) is 5.75 Å². The number of nitrogens with zero attached hydrogens (tertiary/aromatic N) is 2. The molecule has 24 heavy (non-hydrogen) atoms. The van der Waals surface area contributed by atoms with Gasteiger partial charge in [0.2, 0.25) is 5.43 Å². The van der Waals surface area contributed by atoms with Crippen molar-refractivity contribution in [3.8, 4) is 5.75 Å². The number of H-pyrrole nitrogens is 1. The molecule has 4 heterocycles. The van der Waals surface area contributed by atoms with E-state index in [1.165, 1.54) is 12.4 Å². The van der Waals surface area contributed by atoms with E-state index in [-0.39, 0.29) is 11.0 Å². The minimum atomic E-state index is -0.265. The van der Waals surface area contributed by atoms with E-state index in [9.17, 15) is 9.59 Å². The van der Waals surface area contributed by atoms with Crippen LogP contribution in [-0.4, -0.2) is 21.5 Å². The molecule has 0 unspecified atom stereocenters. The molecule has 0 aliphatic rings. The van der Waals surface area contributed by atoms with Gasteiger partial charge in [-0.05, 0) is 24.3 Å². The molecule has 1 aromatic carbocycles. The molecule has 0 bridgehead atoms. The fourth-order valence-corrected chi connectivity index (χ4v) is 3.50. The minimum absolute atomic E-state index is 0.243. The molecular weight excluding hydrogens is 306 g/mol. The van der Waals surface area contributed by atoms with Crippen molar-refractivity contribution in [2.45, 2.75) is 0 Å². The predicted octanol–water partition coefficient (Wildman–Crippen LogP) is 2.29. The van der Waals surface area contributed by atoms with Crippen LogP contribution in [0.3, 0.4) is 0 Å². The first-order valence-corrected chi connectivity index (χ1v) is 7.43. The third-order valence-corrected chi connectivity index (χ3v) is 4.52. The predicted molar refractivity (Wildman–Crippen MR) is 92.3 cm³/mol. The first kappa shape index (κ1) is 13.1. The molecule has 0 atom stereocenters. The van der Waals surface area contributed by atoms with E-state index in [0.717, 1.165) is 16.3 Å². The van der Waals surface area contributed by atoms with Crippen LogP contribution in [0.4, 0.5) is 0 Å². The van der Waals surface area contributed by atoms with E-state index in [0.29, 0.717) is 27.6 Å². The van der Waals surface area contributed by atoms with Crippen molar-refractivity contribution in [3.05, 3.63) is 63.4 Å². The Kier molecular flexibility index (Phi) is 2.35. The Hall–Kier alpha value is -3.41. The van der Waals surface area contributed by atoms with Gasteiger partial charge in [0.25, 0.3) is 5.56 Å². The Morgan fingerprint density at radius 1 is 1.08 bits per heavy atom. The lowest BCUT2D eigenvalue weighted by molar-refractivity contribution is 0.415. The highest BCUT2D eigenvalue weighted by molar-refractivity contribution is 6.18. The normalized spacial score (nSPS) is 11.9. The Balaban J connectivity index is 2.24. The summed E-state index contributed by atoms with van der Waals surface area (Å²) < 4.78 is 6.94. The number of ether oxygens (including phenoxy) is 1. The highest BCUT2D eigenvalue weighted by Gasteiger charge is 2.18. The molecule has 0 amide bonds. The summed E-state index contributed by atoms with van der Waals surface area (Å²) in [4.78, 5) is 32.4. The molecule has 0 saturated heterocycles. The van der Waals surface area contributed by atoms with Crippen molar-refractivity contribution >= 4 is 38.1 Å². The molecule has 6 heteroatoms. The Morgan fingerprint density at radius 2 is 1.96 bits per heavy atom. The van der Waals surface area contributed by atoms with Crippen LogP contribution in [0.5, 0.6) is 5.75 Å². The summed E-state index contributed by atoms with van der Waals surface area (Å²) in [6.45, 7) is 0. The third-order valence-electron chi connectivity index (χ3n) is 4.52. The summed E-state index contributed by atoms with van der Waals surface area (Å²) >= 11 is 0. The second kappa shape index (κ2) is 4.32. The molecular formula is C18H11N3O3. The Bertz CT molecular complexity index is 1380. The van der Waals surface area contributed by atoms with E-state index >= 15 is 0 Å². The van der Waals surface area contributed by atoms with Crippen molar-refractivity contribution in [3.63, 3.8) is 0 Å². The monoisotopic (exact) mass is 317 g/mol. The van der Waals surface area contributed by atoms with E-state index in [4.69, 9.17) is 4.74 Å². The number of hydrogen-bond donors (Lipinski definition) is 1. The second-order valence-electron chi connectivity index (χ2n) is 5.70. The van der Waals surface area contributed by atoms with Gasteiger partial charge in [-0.3, -0.25) is 19.0 Å². The average Bonchev–Trinajstić information content (AvgIpc) is 2.94. The molecule has 0 aliphatic carbocycles. The van der Waals surface area contributed by atoms with Gasteiger partial charge in [-0.1, -0.05) is 0 Å². The summed E-state index contributed by atoms with van der Waals surface area (Å²) in [5.74, 6) is 0.714. The number of fused-ring (bicyclic) bond motifs is 5. The standard InChI is InChI=1S/C18H11N3O3/c1-24-9-2-3-13-11(6-9)10-4-5-20-16-15-12(7-19-8-14(15)22)18(23)21(13)17(10)16/h2-8,20H,1H3. The largest absolute Gasteiger partial charge is 0.497 e. The number of hydrogen-bond acceptors (Lipinski definition) is 4. The van der Waals surface area contributed by atoms with Crippen LogP contribution >= 0.6 is 0 Å². The van der Waals surface area contributed by atoms with Gasteiger partial charge in [0, 0.05) is 23.2 Å². The van der Waals surface area contributed by atoms with E-state index in [1.54, 1.807) is 17.7 Å². The van der Waals surface area contributed by atoms with Gasteiger partial charge in [-0.2, -0.15) is 0 Å². The van der Waals surface area contributed by atoms with Crippen LogP contribution in [0.25, 0.3) is 38.1 Å². The summed E-state index contributed by atoms with van der Waals surface area (Å²) in [5, 5.41) is 2.49. The molecule has 0 aliphatic heterocycles. The maximum Gasteiger partial charge on any atom is 0.265 e. The van der Waals surface area contributed by atoms with Gasteiger partial charge in [0.05, 0.1) is 40.6 Å². The number of methoxy groups -OCH3 is 1. The smallest absolute Gasteiger partial charge is 0.265 e. The van der Waals surface area contributed by atoms with Crippen molar-refractivity contribution in [1.29, 1.82) is 0 Å². The Labute approximate surface area is 134 Å². The molecule has 0 fully saturated rings. The van der Waals surface area contributed by atoms with E-state index in [2.05, 4.69) is 9.97 Å². The van der Waals surface area contributed by atoms with Crippen LogP contribution in [0, 0.1) is 0 Å². The number of benzene rings is 1. The lowest BCUT2D eigenvalue weighted by Gasteiger charge is -2.04. The van der Waals surface area contributed by atoms with Crippen molar-refractivity contribution in [2.75, 3.05) is 7.11 Å². The van der Waals surface area contributed by atoms with Gasteiger partial charge < -0.3 is 9.72 Å². The summed E-state index contributed by atoms with van der Waals surface area (Å²) in [7, 11) is 1.61. The maximum atomic E-state index is 13.0. The van der Waals surface area contributed by atoms with Crippen LogP contribution in [-0.2, 0) is 0 Å². The second-order valence-corrected chi connectivity index (χ2v) is 5.70. The van der Waals surface area contributed by atoms with Gasteiger partial charge in [-0.15, -0.1) is 0 Å². The highest BCUT2D eigenvalue weighted by atomic mass is 16.5. The Morgan fingerprint density at radius 3 is 2.79 bits per heavy atom. The molecule has 116 valence electrons. The number of aromatic nitrogens is 3. The maximum absolute atomic E-state index is 13.0. The van der Waals surface area contributed by atoms with E-state index in [1.807, 2.05) is 24.3 Å². The van der Waals surface area contributed by atoms with Crippen molar-refractivity contribution < 1.29 is 4.74 Å². The van der Waals surface area contributed by atoms with Crippen LogP contribution in [0.2, 0.25) is 0 Å². The minimum Gasteiger partial charge on any atom is -0.497 e. The highest BCUT2D eigenvalue weighted by Crippen LogP contribution is 2.33. The van der Waals surface area contributed by atoms with Gasteiger partial charge in [0.15, 0.2) is 0 Å². The zero-order chi connectivity index (χ0) is 16.4. The molecule has 0 spiro atoms. The first-order chi connectivity index (χ1) is 11.7. The zero-order valence-corrected chi connectivity index (χ0v) is 12.7.